The number of esters is 2. The van der Waals surface area contributed by atoms with E-state index in [2.05, 4.69) is 0 Å². The van der Waals surface area contributed by atoms with Gasteiger partial charge in [0.05, 0.1) is 14.2 Å². The molecule has 32 heavy (non-hydrogen) atoms. The number of hydrogen-bond donors (Lipinski definition) is 0. The Labute approximate surface area is 188 Å². The lowest BCUT2D eigenvalue weighted by atomic mass is 9.90. The highest BCUT2D eigenvalue weighted by Gasteiger charge is 2.40. The van der Waals surface area contributed by atoms with Gasteiger partial charge in [-0.05, 0) is 35.4 Å². The molecule has 0 aliphatic carbocycles. The normalized spacial score (nSPS) is 12.3. The number of nitrogens with zero attached hydrogens (tertiary/aromatic N) is 1. The van der Waals surface area contributed by atoms with E-state index >= 15 is 0 Å². The molecule has 166 valence electrons. The number of rotatable bonds is 9. The van der Waals surface area contributed by atoms with E-state index in [1.54, 1.807) is 36.2 Å². The first kappa shape index (κ1) is 22.9. The van der Waals surface area contributed by atoms with E-state index < -0.39 is 23.9 Å². The topological polar surface area (TPSA) is 65.1 Å². The van der Waals surface area contributed by atoms with Gasteiger partial charge in [0.2, 0.25) is 0 Å². The van der Waals surface area contributed by atoms with Crippen LogP contribution in [0, 0.1) is 0 Å². The van der Waals surface area contributed by atoms with Crippen molar-refractivity contribution in [3.8, 4) is 5.75 Å². The number of hydrogen-bond acceptors (Lipinski definition) is 6. The zero-order valence-electron chi connectivity index (χ0n) is 18.4. The predicted molar refractivity (Wildman–Crippen MR) is 123 cm³/mol. The standard InChI is InChI=1S/C26H27NO5/c1-27(21-12-8-5-9-13-21)24(26(29)31-3)23(25(28)30-2)20-14-16-22(17-15-20)32-18-19-10-6-4-7-11-19/h4-17,23-24H,18H2,1-3H3. The van der Waals surface area contributed by atoms with Crippen LogP contribution in [0.1, 0.15) is 17.0 Å². The third-order valence-corrected chi connectivity index (χ3v) is 5.28. The quantitative estimate of drug-likeness (QED) is 0.471. The summed E-state index contributed by atoms with van der Waals surface area (Å²) in [5, 5.41) is 0. The van der Waals surface area contributed by atoms with Crippen LogP contribution < -0.4 is 9.64 Å². The van der Waals surface area contributed by atoms with Gasteiger partial charge in [-0.25, -0.2) is 4.79 Å². The molecule has 2 unspecified atom stereocenters. The number of anilines is 1. The number of ether oxygens (including phenoxy) is 3. The minimum absolute atomic E-state index is 0.433. The molecule has 0 amide bonds. The van der Waals surface area contributed by atoms with Gasteiger partial charge < -0.3 is 19.1 Å². The van der Waals surface area contributed by atoms with Crippen LogP contribution in [0.25, 0.3) is 0 Å². The molecule has 0 bridgehead atoms. The van der Waals surface area contributed by atoms with Gasteiger partial charge in [-0.1, -0.05) is 60.7 Å². The maximum absolute atomic E-state index is 12.8. The Morgan fingerprint density at radius 1 is 0.781 bits per heavy atom. The molecule has 0 aliphatic rings. The van der Waals surface area contributed by atoms with Crippen molar-refractivity contribution >= 4 is 17.6 Å². The number of carbonyl (C=O) groups excluding carboxylic acids is 2. The molecule has 0 N–H and O–H groups in total. The van der Waals surface area contributed by atoms with Crippen LogP contribution in [0.5, 0.6) is 5.75 Å². The highest BCUT2D eigenvalue weighted by molar-refractivity contribution is 5.91. The van der Waals surface area contributed by atoms with Crippen molar-refractivity contribution in [3.63, 3.8) is 0 Å². The summed E-state index contributed by atoms with van der Waals surface area (Å²) >= 11 is 0. The average Bonchev–Trinajstić information content (AvgIpc) is 2.86. The van der Waals surface area contributed by atoms with Crippen molar-refractivity contribution in [3.05, 3.63) is 96.1 Å². The van der Waals surface area contributed by atoms with E-state index in [1.807, 2.05) is 60.7 Å². The lowest BCUT2D eigenvalue weighted by molar-refractivity contribution is -0.150. The van der Waals surface area contributed by atoms with Gasteiger partial charge in [-0.2, -0.15) is 0 Å². The molecule has 0 heterocycles. The molecule has 3 rings (SSSR count). The van der Waals surface area contributed by atoms with Gasteiger partial charge in [0.1, 0.15) is 24.3 Å². The van der Waals surface area contributed by atoms with Crippen molar-refractivity contribution < 1.29 is 23.8 Å². The van der Waals surface area contributed by atoms with E-state index in [4.69, 9.17) is 14.2 Å². The van der Waals surface area contributed by atoms with Crippen LogP contribution in [-0.2, 0) is 25.7 Å². The summed E-state index contributed by atoms with van der Waals surface area (Å²) < 4.78 is 16.0. The van der Waals surface area contributed by atoms with Crippen LogP contribution in [-0.4, -0.2) is 39.2 Å². The van der Waals surface area contributed by atoms with Crippen molar-refractivity contribution in [2.45, 2.75) is 18.6 Å². The summed E-state index contributed by atoms with van der Waals surface area (Å²) in [4.78, 5) is 27.3. The summed E-state index contributed by atoms with van der Waals surface area (Å²) in [7, 11) is 4.37. The molecule has 0 spiro atoms. The third kappa shape index (κ3) is 5.46. The van der Waals surface area contributed by atoms with E-state index in [-0.39, 0.29) is 0 Å². The second-order valence-electron chi connectivity index (χ2n) is 7.26. The number of para-hydroxylation sites is 1. The molecule has 3 aromatic rings. The molecule has 0 fully saturated rings. The van der Waals surface area contributed by atoms with Crippen molar-refractivity contribution in [2.75, 3.05) is 26.2 Å². The van der Waals surface area contributed by atoms with Gasteiger partial charge in [0.15, 0.2) is 0 Å². The van der Waals surface area contributed by atoms with Gasteiger partial charge in [0, 0.05) is 12.7 Å². The minimum atomic E-state index is -0.911. The maximum atomic E-state index is 12.8. The molecule has 0 saturated carbocycles. The highest BCUT2D eigenvalue weighted by Crippen LogP contribution is 2.30. The smallest absolute Gasteiger partial charge is 0.329 e. The lowest BCUT2D eigenvalue weighted by Gasteiger charge is -2.33. The zero-order valence-corrected chi connectivity index (χ0v) is 18.4. The Kier molecular flexibility index (Phi) is 7.86. The monoisotopic (exact) mass is 433 g/mol. The van der Waals surface area contributed by atoms with Gasteiger partial charge in [0.25, 0.3) is 0 Å². The summed E-state index contributed by atoms with van der Waals surface area (Å²) in [5.41, 5.74) is 2.46. The van der Waals surface area contributed by atoms with E-state index in [0.717, 1.165) is 11.3 Å². The molecular formula is C26H27NO5. The summed E-state index contributed by atoms with van der Waals surface area (Å²) in [5.74, 6) is -1.29. The fourth-order valence-electron chi connectivity index (χ4n) is 3.55. The number of methoxy groups -OCH3 is 2. The van der Waals surface area contributed by atoms with Crippen molar-refractivity contribution in [1.29, 1.82) is 0 Å². The molecule has 0 saturated heterocycles. The number of benzene rings is 3. The van der Waals surface area contributed by atoms with Crippen LogP contribution in [0.3, 0.4) is 0 Å². The first-order valence-corrected chi connectivity index (χ1v) is 10.3. The molecule has 0 aliphatic heterocycles. The number of likely N-dealkylation sites (N-methyl/N-ethyl adjacent to an activating group) is 1. The molecule has 6 heteroatoms. The fraction of sp³-hybridized carbons (Fsp3) is 0.231. The second kappa shape index (κ2) is 11.0. The Balaban J connectivity index is 1.88. The van der Waals surface area contributed by atoms with E-state index in [0.29, 0.717) is 17.9 Å². The molecule has 0 aromatic heterocycles. The maximum Gasteiger partial charge on any atom is 0.329 e. The highest BCUT2D eigenvalue weighted by atomic mass is 16.5. The van der Waals surface area contributed by atoms with Crippen LogP contribution in [0.2, 0.25) is 0 Å². The molecule has 6 nitrogen and oxygen atoms in total. The van der Waals surface area contributed by atoms with E-state index in [9.17, 15) is 9.59 Å². The fourth-order valence-corrected chi connectivity index (χ4v) is 3.55. The Hall–Kier alpha value is -3.80. The van der Waals surface area contributed by atoms with Crippen LogP contribution >= 0.6 is 0 Å². The molecule has 3 aromatic carbocycles. The third-order valence-electron chi connectivity index (χ3n) is 5.28. The zero-order chi connectivity index (χ0) is 22.9. The summed E-state index contributed by atoms with van der Waals surface area (Å²) in [6.45, 7) is 0.433. The summed E-state index contributed by atoms with van der Waals surface area (Å²) in [6.07, 6.45) is 0. The Bertz CT molecular complexity index is 1010. The van der Waals surface area contributed by atoms with Gasteiger partial charge in [-0.3, -0.25) is 4.79 Å². The predicted octanol–water partition coefficient (Wildman–Crippen LogP) is 4.20. The first-order chi connectivity index (χ1) is 15.5. The molecule has 0 radical (unpaired) electrons. The largest absolute Gasteiger partial charge is 0.489 e. The Morgan fingerprint density at radius 3 is 1.91 bits per heavy atom. The minimum Gasteiger partial charge on any atom is -0.489 e. The van der Waals surface area contributed by atoms with Crippen molar-refractivity contribution in [1.82, 2.24) is 0 Å². The number of carbonyl (C=O) groups is 2. The second-order valence-corrected chi connectivity index (χ2v) is 7.26. The SMILES string of the molecule is COC(=O)C(c1ccc(OCc2ccccc2)cc1)C(C(=O)OC)N(C)c1ccccc1. The van der Waals surface area contributed by atoms with Crippen LogP contribution in [0.15, 0.2) is 84.9 Å². The molecule has 2 atom stereocenters. The molecular weight excluding hydrogens is 406 g/mol. The summed E-state index contributed by atoms with van der Waals surface area (Å²) in [6, 6.07) is 25.4. The Morgan fingerprint density at radius 2 is 1.34 bits per heavy atom. The van der Waals surface area contributed by atoms with Crippen LogP contribution in [0.4, 0.5) is 5.69 Å². The van der Waals surface area contributed by atoms with Gasteiger partial charge in [-0.15, -0.1) is 0 Å². The first-order valence-electron chi connectivity index (χ1n) is 10.3. The van der Waals surface area contributed by atoms with Gasteiger partial charge >= 0.3 is 11.9 Å². The van der Waals surface area contributed by atoms with E-state index in [1.165, 1.54) is 14.2 Å². The lowest BCUT2D eigenvalue weighted by Crippen LogP contribution is -2.47. The average molecular weight is 434 g/mol. The van der Waals surface area contributed by atoms with Crippen molar-refractivity contribution in [2.24, 2.45) is 0 Å².